The summed E-state index contributed by atoms with van der Waals surface area (Å²) in [5, 5.41) is 23.6. The van der Waals surface area contributed by atoms with Crippen molar-refractivity contribution in [3.8, 4) is 0 Å². The quantitative estimate of drug-likeness (QED) is 0.0497. The lowest BCUT2D eigenvalue weighted by Crippen LogP contribution is -2.47. The number of aliphatic hydroxyl groups is 2. The third-order valence-electron chi connectivity index (χ3n) is 6.42. The zero-order valence-electron chi connectivity index (χ0n) is 24.0. The van der Waals surface area contributed by atoms with Gasteiger partial charge >= 0.3 is 7.82 Å². The zero-order chi connectivity index (χ0) is 28.5. The van der Waals surface area contributed by atoms with E-state index in [1.54, 1.807) is 0 Å². The lowest BCUT2D eigenvalue weighted by molar-refractivity contribution is -0.125. The van der Waals surface area contributed by atoms with Crippen LogP contribution in [0.15, 0.2) is 12.2 Å². The third-order valence-corrected chi connectivity index (χ3v) is 7.41. The number of allylic oxidation sites excluding steroid dienone is 1. The minimum absolute atomic E-state index is 0.0559. The first-order valence-corrected chi connectivity index (χ1v) is 16.4. The molecule has 0 aromatic carbocycles. The van der Waals surface area contributed by atoms with Crippen LogP contribution < -0.4 is 11.1 Å². The number of phosphoric ester groups is 1. The van der Waals surface area contributed by atoms with Crippen LogP contribution in [-0.2, 0) is 18.4 Å². The van der Waals surface area contributed by atoms with Gasteiger partial charge in [0.15, 0.2) is 0 Å². The third kappa shape index (κ3) is 23.1. The average molecular weight is 565 g/mol. The number of carbonyl (C=O) groups excluding carboxylic acids is 1. The van der Waals surface area contributed by atoms with Crippen molar-refractivity contribution in [1.29, 1.82) is 0 Å². The normalized spacial score (nSPS) is 15.8. The number of nitrogens with one attached hydrogen (secondary N) is 1. The fraction of sp³-hybridized carbons (Fsp3) is 0.893. The summed E-state index contributed by atoms with van der Waals surface area (Å²) in [6.07, 6.45) is 18.7. The van der Waals surface area contributed by atoms with Crippen LogP contribution in [0.4, 0.5) is 0 Å². The van der Waals surface area contributed by atoms with Gasteiger partial charge in [-0.25, -0.2) is 4.57 Å². The highest BCUT2D eigenvalue weighted by Crippen LogP contribution is 2.43. The molecular weight excluding hydrogens is 507 g/mol. The summed E-state index contributed by atoms with van der Waals surface area (Å²) >= 11 is 0. The van der Waals surface area contributed by atoms with Gasteiger partial charge in [0.1, 0.15) is 0 Å². The zero-order valence-corrected chi connectivity index (χ0v) is 24.9. The van der Waals surface area contributed by atoms with Crippen LogP contribution >= 0.6 is 7.82 Å². The van der Waals surface area contributed by atoms with Crippen molar-refractivity contribution in [3.63, 3.8) is 0 Å². The van der Waals surface area contributed by atoms with Gasteiger partial charge in [-0.15, -0.1) is 0 Å². The molecule has 1 amide bonds. The minimum atomic E-state index is -4.36. The van der Waals surface area contributed by atoms with Crippen molar-refractivity contribution in [2.45, 2.75) is 141 Å². The number of nitrogens with two attached hydrogens (primary N) is 1. The summed E-state index contributed by atoms with van der Waals surface area (Å²) in [6, 6.07) is -0.903. The van der Waals surface area contributed by atoms with Crippen molar-refractivity contribution >= 4 is 13.7 Å². The average Bonchev–Trinajstić information content (AvgIpc) is 2.88. The Morgan fingerprint density at radius 1 is 0.895 bits per heavy atom. The summed E-state index contributed by atoms with van der Waals surface area (Å²) in [6.45, 7) is 3.89. The van der Waals surface area contributed by atoms with Crippen molar-refractivity contribution in [2.24, 2.45) is 5.73 Å². The second-order valence-corrected chi connectivity index (χ2v) is 11.6. The van der Waals surface area contributed by atoms with E-state index in [1.165, 1.54) is 57.8 Å². The fourth-order valence-electron chi connectivity index (χ4n) is 4.12. The van der Waals surface area contributed by atoms with Crippen LogP contribution in [0, 0.1) is 0 Å². The van der Waals surface area contributed by atoms with Crippen LogP contribution in [0.5, 0.6) is 0 Å². The van der Waals surface area contributed by atoms with E-state index >= 15 is 0 Å². The van der Waals surface area contributed by atoms with Gasteiger partial charge in [-0.3, -0.25) is 13.8 Å². The molecule has 0 aliphatic carbocycles. The standard InChI is InChI=1S/C28H57N2O7P/c1-3-5-7-9-11-12-14-16-18-20-27(32)26(24-37-38(34,35)36-22-21-29)30-28(33)23-25(31)19-17-15-13-10-8-6-4-2/h15,17,25-27,31-32H,3-14,16,18-24,29H2,1-2H3,(H,30,33)(H,34,35)/b17-15-. The van der Waals surface area contributed by atoms with E-state index in [4.69, 9.17) is 14.8 Å². The van der Waals surface area contributed by atoms with Crippen molar-refractivity contribution in [1.82, 2.24) is 5.32 Å². The Balaban J connectivity index is 4.62. The molecule has 0 aliphatic heterocycles. The summed E-state index contributed by atoms with van der Waals surface area (Å²) in [7, 11) is -4.36. The maximum absolute atomic E-state index is 12.6. The lowest BCUT2D eigenvalue weighted by Gasteiger charge is -2.25. The summed E-state index contributed by atoms with van der Waals surface area (Å²) in [4.78, 5) is 22.4. The molecule has 0 spiro atoms. The Hall–Kier alpha value is -0.800. The summed E-state index contributed by atoms with van der Waals surface area (Å²) < 4.78 is 21.8. The number of phosphoric acid groups is 1. The van der Waals surface area contributed by atoms with Gasteiger partial charge in [0.2, 0.25) is 5.91 Å². The van der Waals surface area contributed by atoms with Crippen LogP contribution in [0.1, 0.15) is 123 Å². The smallest absolute Gasteiger partial charge is 0.392 e. The lowest BCUT2D eigenvalue weighted by atomic mass is 10.0. The molecule has 0 heterocycles. The highest BCUT2D eigenvalue weighted by atomic mass is 31.2. The molecule has 0 rings (SSSR count). The molecule has 9 nitrogen and oxygen atoms in total. The monoisotopic (exact) mass is 564 g/mol. The van der Waals surface area contributed by atoms with Gasteiger partial charge in [-0.1, -0.05) is 103 Å². The minimum Gasteiger partial charge on any atom is -0.392 e. The Labute approximate surface area is 231 Å². The van der Waals surface area contributed by atoms with Gasteiger partial charge in [0, 0.05) is 6.54 Å². The SMILES string of the molecule is CCCCCC/C=C\CC(O)CC(=O)NC(COP(=O)(O)OCCN)C(O)CCCCCCCCCCC. The number of aliphatic hydroxyl groups excluding tert-OH is 2. The maximum Gasteiger partial charge on any atom is 0.472 e. The van der Waals surface area contributed by atoms with Gasteiger partial charge in [0.05, 0.1) is 37.9 Å². The number of unbranched alkanes of at least 4 members (excludes halogenated alkanes) is 12. The van der Waals surface area contributed by atoms with E-state index in [9.17, 15) is 24.5 Å². The molecule has 0 bridgehead atoms. The van der Waals surface area contributed by atoms with E-state index in [2.05, 4.69) is 19.2 Å². The molecule has 0 aliphatic rings. The van der Waals surface area contributed by atoms with E-state index in [-0.39, 0.29) is 19.6 Å². The molecule has 0 saturated heterocycles. The molecule has 226 valence electrons. The van der Waals surface area contributed by atoms with Gasteiger partial charge in [0.25, 0.3) is 0 Å². The second-order valence-electron chi connectivity index (χ2n) is 10.2. The molecule has 38 heavy (non-hydrogen) atoms. The Bertz CT molecular complexity index is 636. The summed E-state index contributed by atoms with van der Waals surface area (Å²) in [5.74, 6) is -0.454. The van der Waals surface area contributed by atoms with Crippen LogP contribution in [-0.4, -0.2) is 59.0 Å². The van der Waals surface area contributed by atoms with Gasteiger partial charge < -0.3 is 26.2 Å². The Morgan fingerprint density at radius 3 is 2.08 bits per heavy atom. The number of hydrogen-bond donors (Lipinski definition) is 5. The van der Waals surface area contributed by atoms with Crippen molar-refractivity contribution in [2.75, 3.05) is 19.8 Å². The Morgan fingerprint density at radius 2 is 1.47 bits per heavy atom. The molecule has 6 N–H and O–H groups in total. The maximum atomic E-state index is 12.6. The van der Waals surface area contributed by atoms with E-state index in [1.807, 2.05) is 12.2 Å². The molecule has 0 radical (unpaired) electrons. The highest BCUT2D eigenvalue weighted by molar-refractivity contribution is 7.47. The van der Waals surface area contributed by atoms with Crippen molar-refractivity contribution in [3.05, 3.63) is 12.2 Å². The molecule has 0 saturated carbocycles. The van der Waals surface area contributed by atoms with Crippen LogP contribution in [0.25, 0.3) is 0 Å². The first-order chi connectivity index (χ1) is 18.3. The number of rotatable bonds is 27. The van der Waals surface area contributed by atoms with E-state index < -0.39 is 38.6 Å². The Kier molecular flexibility index (Phi) is 24.7. The molecule has 0 fully saturated rings. The predicted molar refractivity (Wildman–Crippen MR) is 154 cm³/mol. The number of amides is 1. The first kappa shape index (κ1) is 37.2. The van der Waals surface area contributed by atoms with Gasteiger partial charge in [-0.05, 0) is 25.7 Å². The molecule has 4 atom stereocenters. The summed E-state index contributed by atoms with van der Waals surface area (Å²) in [5.41, 5.74) is 5.30. The topological polar surface area (TPSA) is 151 Å². The van der Waals surface area contributed by atoms with Crippen molar-refractivity contribution < 1.29 is 33.5 Å². The molecule has 10 heteroatoms. The van der Waals surface area contributed by atoms with Gasteiger partial charge in [-0.2, -0.15) is 0 Å². The highest BCUT2D eigenvalue weighted by Gasteiger charge is 2.28. The van der Waals surface area contributed by atoms with Crippen LogP contribution in [0.3, 0.4) is 0 Å². The largest absolute Gasteiger partial charge is 0.472 e. The van der Waals surface area contributed by atoms with Crippen LogP contribution in [0.2, 0.25) is 0 Å². The number of carbonyl (C=O) groups is 1. The first-order valence-electron chi connectivity index (χ1n) is 14.9. The van der Waals surface area contributed by atoms with E-state index in [0.717, 1.165) is 32.1 Å². The molecule has 0 aromatic rings. The molecule has 0 aromatic heterocycles. The predicted octanol–water partition coefficient (Wildman–Crippen LogP) is 5.51. The second kappa shape index (κ2) is 25.2. The number of hydrogen-bond acceptors (Lipinski definition) is 7. The van der Waals surface area contributed by atoms with E-state index in [0.29, 0.717) is 12.8 Å². The molecule has 4 unspecified atom stereocenters. The molecular formula is C28H57N2O7P. The fourth-order valence-corrected chi connectivity index (χ4v) is 4.88.